The van der Waals surface area contributed by atoms with Crippen LogP contribution in [0.3, 0.4) is 0 Å². The molecule has 1 atom stereocenters. The van der Waals surface area contributed by atoms with E-state index >= 15 is 0 Å². The van der Waals surface area contributed by atoms with Crippen LogP contribution in [0.4, 0.5) is 11.5 Å². The number of rotatable bonds is 21. The summed E-state index contributed by atoms with van der Waals surface area (Å²) in [7, 11) is 1.71. The maximum absolute atomic E-state index is 13.4. The van der Waals surface area contributed by atoms with E-state index in [2.05, 4.69) is 79.1 Å². The van der Waals surface area contributed by atoms with Crippen LogP contribution >= 0.6 is 0 Å². The number of aliphatic imine (C=N–C) groups is 1. The maximum atomic E-state index is 13.4. The summed E-state index contributed by atoms with van der Waals surface area (Å²) in [4.78, 5) is 67.7. The fourth-order valence-corrected chi connectivity index (χ4v) is 7.77. The first-order chi connectivity index (χ1) is 30.8. The average Bonchev–Trinajstić information content (AvgIpc) is 3.75. The van der Waals surface area contributed by atoms with Crippen LogP contribution in [0.2, 0.25) is 0 Å². The van der Waals surface area contributed by atoms with Crippen molar-refractivity contribution in [3.8, 4) is 34.2 Å². The lowest BCUT2D eigenvalue weighted by molar-refractivity contribution is -0.128. The highest BCUT2D eigenvalue weighted by Crippen LogP contribution is 2.41. The van der Waals surface area contributed by atoms with Gasteiger partial charge in [0.25, 0.3) is 11.8 Å². The van der Waals surface area contributed by atoms with Gasteiger partial charge in [0.2, 0.25) is 18.2 Å². The Balaban J connectivity index is 0.997. The Morgan fingerprint density at radius 2 is 1.60 bits per heavy atom. The minimum atomic E-state index is -1.10. The van der Waals surface area contributed by atoms with Gasteiger partial charge in [0.15, 0.2) is 0 Å². The zero-order chi connectivity index (χ0) is 44.6. The van der Waals surface area contributed by atoms with Crippen LogP contribution in [0.15, 0.2) is 108 Å². The number of amides is 5. The van der Waals surface area contributed by atoms with Crippen LogP contribution in [-0.4, -0.2) is 78.2 Å². The SMILES string of the molecule is CCCC(C(=O)NC=O)N1C(=O)c2cccc(NCCCC(=O)NCCCCC#Cc3cccc(Cn4c(NC=NC)c(C=N)c(-c5ccccc5)c4-c4ccccc4)c3)c2C1=O. The van der Waals surface area contributed by atoms with Crippen LogP contribution in [-0.2, 0) is 20.9 Å². The van der Waals surface area contributed by atoms with Crippen molar-refractivity contribution in [2.24, 2.45) is 4.99 Å². The van der Waals surface area contributed by atoms with E-state index in [0.717, 1.165) is 62.6 Å². The number of unbranched alkanes of at least 4 members (excludes halogenated alkanes) is 2. The molecule has 63 heavy (non-hydrogen) atoms. The molecular weight excluding hydrogens is 793 g/mol. The van der Waals surface area contributed by atoms with Gasteiger partial charge in [0, 0.05) is 68.1 Å². The van der Waals surface area contributed by atoms with E-state index in [0.29, 0.717) is 44.6 Å². The third kappa shape index (κ3) is 10.8. The van der Waals surface area contributed by atoms with E-state index in [-0.39, 0.29) is 36.3 Å². The normalized spacial score (nSPS) is 12.3. The van der Waals surface area contributed by atoms with Crippen LogP contribution in [0.25, 0.3) is 22.4 Å². The zero-order valence-electron chi connectivity index (χ0n) is 35.6. The van der Waals surface area contributed by atoms with Crippen LogP contribution in [0, 0.1) is 17.3 Å². The van der Waals surface area contributed by atoms with E-state index in [9.17, 15) is 24.0 Å². The van der Waals surface area contributed by atoms with E-state index in [1.54, 1.807) is 31.6 Å². The fraction of sp³-hybridized carbons (Fsp3) is 0.260. The number of carbonyl (C=O) groups excluding carboxylic acids is 5. The number of hydrogen-bond donors (Lipinski definition) is 5. The lowest BCUT2D eigenvalue weighted by Gasteiger charge is -2.24. The third-order valence-corrected chi connectivity index (χ3v) is 10.7. The minimum Gasteiger partial charge on any atom is -0.384 e. The van der Waals surface area contributed by atoms with Crippen molar-refractivity contribution in [3.05, 3.63) is 131 Å². The van der Waals surface area contributed by atoms with Crippen LogP contribution in [0.5, 0.6) is 0 Å². The van der Waals surface area contributed by atoms with Gasteiger partial charge in [-0.2, -0.15) is 0 Å². The van der Waals surface area contributed by atoms with Crippen LogP contribution < -0.4 is 21.3 Å². The highest BCUT2D eigenvalue weighted by atomic mass is 16.2. The molecule has 0 saturated heterocycles. The second-order valence-corrected chi connectivity index (χ2v) is 15.0. The van der Waals surface area contributed by atoms with Crippen molar-refractivity contribution in [1.82, 2.24) is 20.1 Å². The number of carbonyl (C=O) groups is 5. The van der Waals surface area contributed by atoms with E-state index in [1.165, 1.54) is 6.21 Å². The maximum Gasteiger partial charge on any atom is 0.264 e. The standard InChI is InChI=1S/C50H52N8O5/c1-3-17-42(48(61)56-34-59)58-49(62)39-25-15-26-41(45(39)50(58)63)53-29-16-27-43(60)54-28-13-5-4-8-18-35-19-14-20-36(30-35)32-57-46(38-23-11-7-12-24-38)44(37-21-9-6-10-22-37)40(31-51)47(57)55-33-52-2/h6-7,9-12,14-15,19-26,30-31,33-34,42,51,53H,3-5,13,16-17,27-29,32H2,1-2H3,(H,52,55)(H,54,60)(H,56,59,61). The van der Waals surface area contributed by atoms with Gasteiger partial charge < -0.3 is 25.9 Å². The molecule has 1 aliphatic heterocycles. The Kier molecular flexibility index (Phi) is 15.9. The summed E-state index contributed by atoms with van der Waals surface area (Å²) in [6, 6.07) is 32.3. The number of aromatic nitrogens is 1. The van der Waals surface area contributed by atoms with Crippen molar-refractivity contribution < 1.29 is 24.0 Å². The van der Waals surface area contributed by atoms with Gasteiger partial charge in [-0.15, -0.1) is 0 Å². The molecule has 13 nitrogen and oxygen atoms in total. The van der Waals surface area contributed by atoms with Crippen molar-refractivity contribution in [2.75, 3.05) is 30.8 Å². The molecule has 0 aliphatic carbocycles. The summed E-state index contributed by atoms with van der Waals surface area (Å²) >= 11 is 0. The molecule has 0 spiro atoms. The number of benzene rings is 4. The number of nitrogens with one attached hydrogen (secondary N) is 5. The van der Waals surface area contributed by atoms with Crippen molar-refractivity contribution in [3.63, 3.8) is 0 Å². The molecular formula is C50H52N8O5. The quantitative estimate of drug-likeness (QED) is 0.0127. The second kappa shape index (κ2) is 22.3. The molecule has 1 aliphatic rings. The van der Waals surface area contributed by atoms with Gasteiger partial charge in [-0.1, -0.05) is 104 Å². The monoisotopic (exact) mass is 844 g/mol. The molecule has 1 unspecified atom stereocenters. The Hall–Kier alpha value is -7.59. The molecule has 2 heterocycles. The van der Waals surface area contributed by atoms with E-state index < -0.39 is 23.8 Å². The molecule has 0 saturated carbocycles. The summed E-state index contributed by atoms with van der Waals surface area (Å²) in [6.07, 6.45) is 7.07. The molecule has 5 amide bonds. The van der Waals surface area contributed by atoms with Gasteiger partial charge >= 0.3 is 0 Å². The lowest BCUT2D eigenvalue weighted by atomic mass is 9.98. The Morgan fingerprint density at radius 1 is 0.857 bits per heavy atom. The first-order valence-corrected chi connectivity index (χ1v) is 21.2. The molecule has 1 aromatic heterocycles. The van der Waals surface area contributed by atoms with Gasteiger partial charge in [0.05, 0.1) is 23.2 Å². The zero-order valence-corrected chi connectivity index (χ0v) is 35.6. The number of hydrogen-bond acceptors (Lipinski definition) is 8. The smallest absolute Gasteiger partial charge is 0.264 e. The Morgan fingerprint density at radius 3 is 2.32 bits per heavy atom. The van der Waals surface area contributed by atoms with Gasteiger partial charge in [-0.3, -0.25) is 39.2 Å². The first-order valence-electron chi connectivity index (χ1n) is 21.2. The molecule has 0 bridgehead atoms. The van der Waals surface area contributed by atoms with Gasteiger partial charge in [-0.25, -0.2) is 0 Å². The van der Waals surface area contributed by atoms with E-state index in [4.69, 9.17) is 5.41 Å². The molecule has 4 aromatic carbocycles. The van der Waals surface area contributed by atoms with E-state index in [1.807, 2.05) is 55.5 Å². The minimum absolute atomic E-state index is 0.0823. The lowest BCUT2D eigenvalue weighted by Crippen LogP contribution is -2.49. The molecule has 6 rings (SSSR count). The average molecular weight is 845 g/mol. The summed E-state index contributed by atoms with van der Waals surface area (Å²) < 4.78 is 2.21. The van der Waals surface area contributed by atoms with Crippen molar-refractivity contribution in [1.29, 1.82) is 5.41 Å². The molecule has 322 valence electrons. The van der Waals surface area contributed by atoms with Crippen molar-refractivity contribution >= 4 is 54.1 Å². The summed E-state index contributed by atoms with van der Waals surface area (Å²) in [6.45, 7) is 3.27. The fourth-order valence-electron chi connectivity index (χ4n) is 7.77. The topological polar surface area (TPSA) is 178 Å². The predicted molar refractivity (Wildman–Crippen MR) is 248 cm³/mol. The van der Waals surface area contributed by atoms with Crippen LogP contribution in [0.1, 0.15) is 89.3 Å². The number of anilines is 2. The second-order valence-electron chi connectivity index (χ2n) is 15.0. The molecule has 5 N–H and O–H groups in total. The molecule has 0 radical (unpaired) electrons. The Labute approximate surface area is 367 Å². The number of imide groups is 2. The van der Waals surface area contributed by atoms with Gasteiger partial charge in [-0.05, 0) is 66.6 Å². The van der Waals surface area contributed by atoms with Gasteiger partial charge in [0.1, 0.15) is 11.9 Å². The molecule has 0 fully saturated rings. The largest absolute Gasteiger partial charge is 0.384 e. The predicted octanol–water partition coefficient (Wildman–Crippen LogP) is 7.51. The summed E-state index contributed by atoms with van der Waals surface area (Å²) in [5, 5.41) is 20.0. The highest BCUT2D eigenvalue weighted by molar-refractivity contribution is 6.25. The number of nitrogens with zero attached hydrogens (tertiary/aromatic N) is 3. The molecule has 5 aromatic rings. The summed E-state index contributed by atoms with van der Waals surface area (Å²) in [5.41, 5.74) is 7.55. The molecule has 13 heteroatoms. The summed E-state index contributed by atoms with van der Waals surface area (Å²) in [5.74, 6) is 5.41. The third-order valence-electron chi connectivity index (χ3n) is 10.7. The van der Waals surface area contributed by atoms with Crippen molar-refractivity contribution in [2.45, 2.75) is 64.5 Å². The highest BCUT2D eigenvalue weighted by Gasteiger charge is 2.43. The Bertz CT molecular complexity index is 2540. The number of fused-ring (bicyclic) bond motifs is 1. The first kappa shape index (κ1) is 44.9.